The summed E-state index contributed by atoms with van der Waals surface area (Å²) in [6.07, 6.45) is -0.643. The van der Waals surface area contributed by atoms with E-state index in [-0.39, 0.29) is 6.04 Å². The maximum absolute atomic E-state index is 10.1. The van der Waals surface area contributed by atoms with Crippen LogP contribution in [0, 0.1) is 0 Å². The lowest BCUT2D eigenvalue weighted by molar-refractivity contribution is 0.0638. The Bertz CT molecular complexity index is 363. The van der Waals surface area contributed by atoms with E-state index in [0.29, 0.717) is 11.6 Å². The molecule has 3 nitrogen and oxygen atoms in total. The molecule has 0 spiro atoms. The molecule has 0 saturated carbocycles. The Morgan fingerprint density at radius 2 is 2.06 bits per heavy atom. The smallest absolute Gasteiger partial charge is 0.0940 e. The van der Waals surface area contributed by atoms with Crippen molar-refractivity contribution in [3.05, 3.63) is 34.9 Å². The van der Waals surface area contributed by atoms with E-state index in [1.807, 2.05) is 19.1 Å². The van der Waals surface area contributed by atoms with Crippen LogP contribution in [0.4, 0.5) is 0 Å². The summed E-state index contributed by atoms with van der Waals surface area (Å²) >= 11 is 5.87. The van der Waals surface area contributed by atoms with Gasteiger partial charge in [0.1, 0.15) is 0 Å². The molecular weight excluding hydrogens is 238 g/mol. The lowest BCUT2D eigenvalue weighted by Crippen LogP contribution is -2.41. The van der Waals surface area contributed by atoms with Crippen LogP contribution >= 0.6 is 11.6 Å². The minimum absolute atomic E-state index is 0.153. The van der Waals surface area contributed by atoms with E-state index in [0.717, 1.165) is 5.56 Å². The number of aliphatic hydroxyl groups excluding tert-OH is 1. The minimum atomic E-state index is -0.789. The van der Waals surface area contributed by atoms with Crippen LogP contribution in [-0.2, 0) is 0 Å². The highest BCUT2D eigenvalue weighted by Crippen LogP contribution is 2.20. The van der Waals surface area contributed by atoms with Crippen LogP contribution in [0.3, 0.4) is 0 Å². The van der Waals surface area contributed by atoms with Crippen molar-refractivity contribution in [3.8, 4) is 0 Å². The number of hydrogen-bond acceptors (Lipinski definition) is 3. The van der Waals surface area contributed by atoms with Gasteiger partial charge in [-0.25, -0.2) is 0 Å². The SMILES string of the molecule is CC(NCC(C)(C)O)C(O)c1cccc(Cl)c1. The maximum atomic E-state index is 10.1. The molecule has 1 aromatic carbocycles. The standard InChI is InChI=1S/C13H20ClNO2/c1-9(15-8-13(2,3)17)12(16)10-5-4-6-11(14)7-10/h4-7,9,12,15-17H,8H2,1-3H3. The van der Waals surface area contributed by atoms with Gasteiger partial charge in [-0.3, -0.25) is 0 Å². The van der Waals surface area contributed by atoms with E-state index < -0.39 is 11.7 Å². The predicted octanol–water partition coefficient (Wildman–Crippen LogP) is 2.12. The normalized spacial score (nSPS) is 15.6. The topological polar surface area (TPSA) is 52.5 Å². The molecule has 0 radical (unpaired) electrons. The van der Waals surface area contributed by atoms with Crippen molar-refractivity contribution >= 4 is 11.6 Å². The van der Waals surface area contributed by atoms with Gasteiger partial charge in [0, 0.05) is 17.6 Å². The summed E-state index contributed by atoms with van der Waals surface area (Å²) < 4.78 is 0. The van der Waals surface area contributed by atoms with Crippen molar-refractivity contribution in [2.45, 2.75) is 38.5 Å². The quantitative estimate of drug-likeness (QED) is 0.757. The molecule has 2 unspecified atom stereocenters. The van der Waals surface area contributed by atoms with Crippen molar-refractivity contribution in [1.29, 1.82) is 0 Å². The van der Waals surface area contributed by atoms with Gasteiger partial charge in [0.15, 0.2) is 0 Å². The second kappa shape index (κ2) is 5.83. The van der Waals surface area contributed by atoms with Crippen molar-refractivity contribution in [2.75, 3.05) is 6.54 Å². The van der Waals surface area contributed by atoms with Gasteiger partial charge >= 0.3 is 0 Å². The summed E-state index contributed by atoms with van der Waals surface area (Å²) in [5.74, 6) is 0. The van der Waals surface area contributed by atoms with E-state index in [2.05, 4.69) is 5.32 Å². The molecule has 0 aromatic heterocycles. The third-order valence-electron chi connectivity index (χ3n) is 2.52. The second-order valence-corrected chi connectivity index (χ2v) is 5.42. The Morgan fingerprint density at radius 3 is 2.59 bits per heavy atom. The van der Waals surface area contributed by atoms with Gasteiger partial charge in [-0.05, 0) is 38.5 Å². The van der Waals surface area contributed by atoms with E-state index >= 15 is 0 Å². The third kappa shape index (κ3) is 5.04. The molecule has 17 heavy (non-hydrogen) atoms. The fourth-order valence-corrected chi connectivity index (χ4v) is 1.70. The Kier molecular flexibility index (Phi) is 4.95. The Hall–Kier alpha value is -0.610. The molecule has 1 rings (SSSR count). The third-order valence-corrected chi connectivity index (χ3v) is 2.76. The monoisotopic (exact) mass is 257 g/mol. The van der Waals surface area contributed by atoms with Crippen LogP contribution in [0.2, 0.25) is 5.02 Å². The number of rotatable bonds is 5. The average molecular weight is 258 g/mol. The van der Waals surface area contributed by atoms with E-state index in [9.17, 15) is 10.2 Å². The summed E-state index contributed by atoms with van der Waals surface area (Å²) in [4.78, 5) is 0. The Morgan fingerprint density at radius 1 is 1.41 bits per heavy atom. The molecule has 0 fully saturated rings. The van der Waals surface area contributed by atoms with Crippen molar-refractivity contribution in [1.82, 2.24) is 5.32 Å². The number of benzene rings is 1. The van der Waals surface area contributed by atoms with Crippen LogP contribution in [0.1, 0.15) is 32.4 Å². The molecule has 0 amide bonds. The van der Waals surface area contributed by atoms with Crippen molar-refractivity contribution in [2.24, 2.45) is 0 Å². The number of hydrogen-bond donors (Lipinski definition) is 3. The maximum Gasteiger partial charge on any atom is 0.0940 e. The molecule has 0 heterocycles. The highest BCUT2D eigenvalue weighted by Gasteiger charge is 2.19. The van der Waals surface area contributed by atoms with Crippen LogP contribution in [-0.4, -0.2) is 28.4 Å². The first kappa shape index (κ1) is 14.5. The van der Waals surface area contributed by atoms with Gasteiger partial charge in [-0.1, -0.05) is 23.7 Å². The molecule has 3 N–H and O–H groups in total. The van der Waals surface area contributed by atoms with Gasteiger partial charge in [0.25, 0.3) is 0 Å². The Balaban J connectivity index is 2.60. The van der Waals surface area contributed by atoms with E-state index in [1.54, 1.807) is 26.0 Å². The van der Waals surface area contributed by atoms with Gasteiger partial charge < -0.3 is 15.5 Å². The number of nitrogens with one attached hydrogen (secondary N) is 1. The summed E-state index contributed by atoms with van der Waals surface area (Å²) in [6.45, 7) is 5.74. The molecule has 4 heteroatoms. The van der Waals surface area contributed by atoms with Crippen LogP contribution in [0.15, 0.2) is 24.3 Å². The van der Waals surface area contributed by atoms with Crippen LogP contribution in [0.25, 0.3) is 0 Å². The molecule has 0 aliphatic carbocycles. The lowest BCUT2D eigenvalue weighted by Gasteiger charge is -2.25. The summed E-state index contributed by atoms with van der Waals surface area (Å²) in [7, 11) is 0. The molecule has 96 valence electrons. The first-order chi connectivity index (χ1) is 7.79. The number of aliphatic hydroxyl groups is 2. The zero-order chi connectivity index (χ0) is 13.1. The summed E-state index contributed by atoms with van der Waals surface area (Å²) in [5.41, 5.74) is -0.0178. The zero-order valence-corrected chi connectivity index (χ0v) is 11.2. The highest BCUT2D eigenvalue weighted by molar-refractivity contribution is 6.30. The van der Waals surface area contributed by atoms with Gasteiger partial charge in [0.2, 0.25) is 0 Å². The fraction of sp³-hybridized carbons (Fsp3) is 0.538. The highest BCUT2D eigenvalue weighted by atomic mass is 35.5. The summed E-state index contributed by atoms with van der Waals surface area (Å²) in [6, 6.07) is 7.00. The molecule has 0 bridgehead atoms. The molecule has 0 aliphatic rings. The molecule has 0 saturated heterocycles. The largest absolute Gasteiger partial charge is 0.389 e. The first-order valence-electron chi connectivity index (χ1n) is 5.69. The second-order valence-electron chi connectivity index (χ2n) is 4.98. The minimum Gasteiger partial charge on any atom is -0.389 e. The first-order valence-corrected chi connectivity index (χ1v) is 6.07. The fourth-order valence-electron chi connectivity index (χ4n) is 1.50. The van der Waals surface area contributed by atoms with E-state index in [4.69, 9.17) is 11.6 Å². The Labute approximate surface area is 107 Å². The van der Waals surface area contributed by atoms with Gasteiger partial charge in [-0.15, -0.1) is 0 Å². The van der Waals surface area contributed by atoms with Gasteiger partial charge in [0.05, 0.1) is 11.7 Å². The van der Waals surface area contributed by atoms with Crippen molar-refractivity contribution in [3.63, 3.8) is 0 Å². The molecule has 0 aliphatic heterocycles. The number of halogens is 1. The molecular formula is C13H20ClNO2. The summed E-state index contributed by atoms with van der Waals surface area (Å²) in [5, 5.41) is 23.4. The van der Waals surface area contributed by atoms with Crippen LogP contribution < -0.4 is 5.32 Å². The van der Waals surface area contributed by atoms with Gasteiger partial charge in [-0.2, -0.15) is 0 Å². The zero-order valence-electron chi connectivity index (χ0n) is 10.4. The van der Waals surface area contributed by atoms with E-state index in [1.165, 1.54) is 0 Å². The predicted molar refractivity (Wildman–Crippen MR) is 70.2 cm³/mol. The molecule has 2 atom stereocenters. The lowest BCUT2D eigenvalue weighted by atomic mass is 10.0. The molecule has 1 aromatic rings. The average Bonchev–Trinajstić information content (AvgIpc) is 2.24. The van der Waals surface area contributed by atoms with Crippen molar-refractivity contribution < 1.29 is 10.2 Å². The van der Waals surface area contributed by atoms with Crippen LogP contribution in [0.5, 0.6) is 0 Å².